The Hall–Kier alpha value is -1.89. The van der Waals surface area contributed by atoms with Crippen LogP contribution in [0.25, 0.3) is 10.9 Å². The molecule has 1 heterocycles. The highest BCUT2D eigenvalue weighted by Crippen LogP contribution is 2.35. The summed E-state index contributed by atoms with van der Waals surface area (Å²) in [6.45, 7) is 10.8. The van der Waals surface area contributed by atoms with Crippen LogP contribution in [0.3, 0.4) is 0 Å². The Bertz CT molecular complexity index is 1210. The molecule has 0 unspecified atom stereocenters. The van der Waals surface area contributed by atoms with Crippen molar-refractivity contribution in [2.24, 2.45) is 10.5 Å². The van der Waals surface area contributed by atoms with E-state index in [2.05, 4.69) is 41.8 Å². The van der Waals surface area contributed by atoms with E-state index in [1.54, 1.807) is 24.4 Å². The molecule has 0 fully saturated rings. The summed E-state index contributed by atoms with van der Waals surface area (Å²) in [6, 6.07) is 8.89. The Morgan fingerprint density at radius 1 is 1.22 bits per heavy atom. The molecule has 0 amide bonds. The molecule has 3 rings (SSSR count). The van der Waals surface area contributed by atoms with Gasteiger partial charge in [-0.15, -0.1) is 0 Å². The number of benzene rings is 2. The largest absolute Gasteiger partial charge is 0.490 e. The smallest absolute Gasteiger partial charge is 0.282 e. The molecule has 1 aromatic heterocycles. The van der Waals surface area contributed by atoms with Gasteiger partial charge >= 0.3 is 0 Å². The molecule has 0 saturated heterocycles. The van der Waals surface area contributed by atoms with Crippen LogP contribution in [0.15, 0.2) is 44.7 Å². The number of fused-ring (bicyclic) bond motifs is 1. The number of aromatic nitrogens is 2. The lowest BCUT2D eigenvalue weighted by molar-refractivity contribution is 0.198. The third-order valence-electron chi connectivity index (χ3n) is 4.88. The Balaban J connectivity index is 2.04. The van der Waals surface area contributed by atoms with Crippen molar-refractivity contribution in [1.29, 1.82) is 0 Å². The van der Waals surface area contributed by atoms with Crippen molar-refractivity contribution in [2.45, 2.75) is 47.0 Å². The molecule has 0 aliphatic carbocycles. The molecule has 0 aliphatic rings. The first-order valence-corrected chi connectivity index (χ1v) is 11.9. The van der Waals surface area contributed by atoms with Gasteiger partial charge in [-0.1, -0.05) is 73.8 Å². The van der Waals surface area contributed by atoms with E-state index in [0.29, 0.717) is 44.7 Å². The monoisotopic (exact) mass is 537 g/mol. The normalized spacial score (nSPS) is 13.1. The van der Waals surface area contributed by atoms with Gasteiger partial charge < -0.3 is 4.74 Å². The van der Waals surface area contributed by atoms with Gasteiger partial charge in [0, 0.05) is 10.4 Å². The topological polar surface area (TPSA) is 56.5 Å². The molecule has 2 aromatic carbocycles. The maximum Gasteiger partial charge on any atom is 0.282 e. The molecule has 0 radical (unpaired) electrons. The third kappa shape index (κ3) is 5.72. The zero-order valence-corrected chi connectivity index (χ0v) is 21.8. The first-order chi connectivity index (χ1) is 15.0. The second-order valence-electron chi connectivity index (χ2n) is 8.97. The van der Waals surface area contributed by atoms with Crippen molar-refractivity contribution >= 4 is 56.2 Å². The summed E-state index contributed by atoms with van der Waals surface area (Å²) < 4.78 is 7.98. The van der Waals surface area contributed by atoms with Crippen LogP contribution in [-0.4, -0.2) is 22.5 Å². The van der Waals surface area contributed by atoms with Gasteiger partial charge in [-0.25, -0.2) is 4.98 Å². The summed E-state index contributed by atoms with van der Waals surface area (Å²) in [6.07, 6.45) is 2.38. The van der Waals surface area contributed by atoms with Gasteiger partial charge in [-0.05, 0) is 47.7 Å². The average Bonchev–Trinajstić information content (AvgIpc) is 2.71. The van der Waals surface area contributed by atoms with Crippen LogP contribution in [0, 0.1) is 5.41 Å². The fourth-order valence-corrected chi connectivity index (χ4v) is 3.96. The molecule has 0 aliphatic heterocycles. The van der Waals surface area contributed by atoms with Crippen LogP contribution < -0.4 is 10.3 Å². The average molecular weight is 539 g/mol. The SMILES string of the molecule is CC[C@@H](C)c1nc2ccc(Br)cc2c(=O)n1N=Cc1cc(Cl)c(OCC(C)(C)C)c(Cl)c1. The molecule has 0 N–H and O–H groups in total. The molecule has 8 heteroatoms. The second kappa shape index (κ2) is 9.94. The highest BCUT2D eigenvalue weighted by atomic mass is 79.9. The maximum atomic E-state index is 13.2. The van der Waals surface area contributed by atoms with Crippen molar-refractivity contribution in [3.8, 4) is 5.75 Å². The highest BCUT2D eigenvalue weighted by molar-refractivity contribution is 9.10. The van der Waals surface area contributed by atoms with Crippen molar-refractivity contribution in [3.63, 3.8) is 0 Å². The maximum absolute atomic E-state index is 13.2. The Labute approximate surface area is 206 Å². The van der Waals surface area contributed by atoms with E-state index in [0.717, 1.165) is 10.9 Å². The van der Waals surface area contributed by atoms with E-state index < -0.39 is 0 Å². The van der Waals surface area contributed by atoms with Crippen LogP contribution in [-0.2, 0) is 0 Å². The number of hydrogen-bond donors (Lipinski definition) is 0. The predicted octanol–water partition coefficient (Wildman–Crippen LogP) is 7.29. The fraction of sp³-hybridized carbons (Fsp3) is 0.375. The molecular formula is C24H26BrCl2N3O2. The minimum atomic E-state index is -0.231. The summed E-state index contributed by atoms with van der Waals surface area (Å²) in [5, 5.41) is 5.73. The van der Waals surface area contributed by atoms with Crippen LogP contribution >= 0.6 is 39.1 Å². The summed E-state index contributed by atoms with van der Waals surface area (Å²) in [5.74, 6) is 1.09. The lowest BCUT2D eigenvalue weighted by Gasteiger charge is -2.20. The van der Waals surface area contributed by atoms with Crippen LogP contribution in [0.2, 0.25) is 10.0 Å². The third-order valence-corrected chi connectivity index (χ3v) is 5.93. The fourth-order valence-electron chi connectivity index (χ4n) is 2.98. The van der Waals surface area contributed by atoms with E-state index in [1.807, 2.05) is 26.0 Å². The summed E-state index contributed by atoms with van der Waals surface area (Å²) in [5.41, 5.74) is 1.04. The molecule has 3 aromatic rings. The van der Waals surface area contributed by atoms with Gasteiger partial charge in [0.05, 0.1) is 33.8 Å². The zero-order chi connectivity index (χ0) is 23.6. The lowest BCUT2D eigenvalue weighted by atomic mass is 9.99. The molecule has 1 atom stereocenters. The standard InChI is InChI=1S/C24H26BrCl2N3O2/c1-6-14(2)22-29-20-8-7-16(25)11-17(20)23(31)30(22)28-12-15-9-18(26)21(19(27)10-15)32-13-24(3,4)5/h7-12,14H,6,13H2,1-5H3/t14-/m1/s1. The molecule has 5 nitrogen and oxygen atoms in total. The second-order valence-corrected chi connectivity index (χ2v) is 10.7. The van der Waals surface area contributed by atoms with Gasteiger partial charge in [-0.2, -0.15) is 9.78 Å². The molecule has 32 heavy (non-hydrogen) atoms. The molecule has 0 saturated carbocycles. The van der Waals surface area contributed by atoms with Gasteiger partial charge in [0.15, 0.2) is 5.75 Å². The lowest BCUT2D eigenvalue weighted by Crippen LogP contribution is -2.23. The van der Waals surface area contributed by atoms with Crippen LogP contribution in [0.5, 0.6) is 5.75 Å². The minimum Gasteiger partial charge on any atom is -0.490 e. The van der Waals surface area contributed by atoms with Crippen LogP contribution in [0.4, 0.5) is 0 Å². The zero-order valence-electron chi connectivity index (χ0n) is 18.7. The Kier molecular flexibility index (Phi) is 7.69. The van der Waals surface area contributed by atoms with Crippen molar-refractivity contribution in [1.82, 2.24) is 9.66 Å². The van der Waals surface area contributed by atoms with E-state index in [9.17, 15) is 4.79 Å². The first kappa shape index (κ1) is 24.7. The van der Waals surface area contributed by atoms with Crippen molar-refractivity contribution < 1.29 is 4.74 Å². The number of ether oxygens (including phenoxy) is 1. The quantitative estimate of drug-likeness (QED) is 0.310. The van der Waals surface area contributed by atoms with Gasteiger partial charge in [0.25, 0.3) is 5.56 Å². The number of hydrogen-bond acceptors (Lipinski definition) is 4. The van der Waals surface area contributed by atoms with Gasteiger partial charge in [0.2, 0.25) is 0 Å². The van der Waals surface area contributed by atoms with Crippen LogP contribution in [0.1, 0.15) is 58.3 Å². The number of halogens is 3. The van der Waals surface area contributed by atoms with Crippen molar-refractivity contribution in [2.75, 3.05) is 6.61 Å². The Morgan fingerprint density at radius 3 is 2.47 bits per heavy atom. The minimum absolute atomic E-state index is 0.0294. The molecular weight excluding hydrogens is 513 g/mol. The molecule has 0 bridgehead atoms. The van der Waals surface area contributed by atoms with Gasteiger partial charge in [0.1, 0.15) is 5.82 Å². The summed E-state index contributed by atoms with van der Waals surface area (Å²) in [4.78, 5) is 17.9. The van der Waals surface area contributed by atoms with E-state index >= 15 is 0 Å². The highest BCUT2D eigenvalue weighted by Gasteiger charge is 2.17. The van der Waals surface area contributed by atoms with E-state index in [4.69, 9.17) is 32.9 Å². The van der Waals surface area contributed by atoms with Gasteiger partial charge in [-0.3, -0.25) is 4.79 Å². The summed E-state index contributed by atoms with van der Waals surface area (Å²) >= 11 is 16.3. The Morgan fingerprint density at radius 2 is 1.88 bits per heavy atom. The molecule has 170 valence electrons. The molecule has 0 spiro atoms. The van der Waals surface area contributed by atoms with E-state index in [-0.39, 0.29) is 16.9 Å². The number of nitrogens with zero attached hydrogens (tertiary/aromatic N) is 3. The summed E-state index contributed by atoms with van der Waals surface area (Å²) in [7, 11) is 0. The first-order valence-electron chi connectivity index (χ1n) is 10.4. The van der Waals surface area contributed by atoms with Crippen molar-refractivity contribution in [3.05, 3.63) is 66.6 Å². The van der Waals surface area contributed by atoms with E-state index in [1.165, 1.54) is 4.68 Å². The predicted molar refractivity (Wildman–Crippen MR) is 137 cm³/mol. The number of rotatable bonds is 6.